The van der Waals surface area contributed by atoms with Crippen molar-refractivity contribution in [2.75, 3.05) is 0 Å². The third-order valence-electron chi connectivity index (χ3n) is 5.90. The Morgan fingerprint density at radius 2 is 1.93 bits per heavy atom. The van der Waals surface area contributed by atoms with Gasteiger partial charge in [-0.3, -0.25) is 0 Å². The highest BCUT2D eigenvalue weighted by Crippen LogP contribution is 2.47. The molecule has 148 valence electrons. The number of phenolic OH excluding ortho intramolecular Hbond substituents is 1. The highest BCUT2D eigenvalue weighted by Gasteiger charge is 2.47. The predicted octanol–water partition coefficient (Wildman–Crippen LogP) is 4.46. The minimum Gasteiger partial charge on any atom is -0.507 e. The molecule has 0 unspecified atom stereocenters. The molecule has 0 saturated heterocycles. The molecule has 0 radical (unpaired) electrons. The van der Waals surface area contributed by atoms with Crippen LogP contribution < -0.4 is 0 Å². The van der Waals surface area contributed by atoms with Gasteiger partial charge in [0.05, 0.1) is 16.9 Å². The van der Waals surface area contributed by atoms with Gasteiger partial charge < -0.3 is 14.8 Å². The van der Waals surface area contributed by atoms with E-state index in [9.17, 15) is 23.4 Å². The van der Waals surface area contributed by atoms with E-state index in [0.717, 1.165) is 11.5 Å². The lowest BCUT2D eigenvalue weighted by Gasteiger charge is -2.48. The molecule has 1 fully saturated rings. The summed E-state index contributed by atoms with van der Waals surface area (Å²) in [4.78, 5) is 0. The molecule has 1 aliphatic carbocycles. The van der Waals surface area contributed by atoms with E-state index < -0.39 is 23.1 Å². The van der Waals surface area contributed by atoms with Crippen LogP contribution in [0.15, 0.2) is 30.5 Å². The van der Waals surface area contributed by atoms with Crippen LogP contribution in [0.5, 0.6) is 5.75 Å². The molecule has 0 aliphatic heterocycles. The lowest BCUT2D eigenvalue weighted by atomic mass is 9.67. The molecule has 0 amide bonds. The number of aromatic hydroxyl groups is 1. The van der Waals surface area contributed by atoms with Crippen molar-refractivity contribution in [1.29, 1.82) is 0 Å². The maximum atomic E-state index is 12.9. The van der Waals surface area contributed by atoms with Crippen LogP contribution in [0, 0.1) is 12.8 Å². The Morgan fingerprint density at radius 1 is 1.21 bits per heavy atom. The van der Waals surface area contributed by atoms with E-state index in [1.165, 1.54) is 6.92 Å². The molecule has 2 aromatic heterocycles. The van der Waals surface area contributed by atoms with Crippen molar-refractivity contribution in [1.82, 2.24) is 14.8 Å². The summed E-state index contributed by atoms with van der Waals surface area (Å²) >= 11 is 0. The van der Waals surface area contributed by atoms with Gasteiger partial charge in [0.15, 0.2) is 5.65 Å². The maximum absolute atomic E-state index is 12.9. The van der Waals surface area contributed by atoms with E-state index in [2.05, 4.69) is 10.2 Å². The third kappa shape index (κ3) is 2.83. The van der Waals surface area contributed by atoms with Crippen LogP contribution in [0.2, 0.25) is 0 Å². The van der Waals surface area contributed by atoms with Crippen molar-refractivity contribution in [2.45, 2.75) is 45.0 Å². The SMILES string of the molecule is Cc1cc(C(F)(F)F)cc(O)c1-c1cc2ccn([C@H]3C[C@@](C)(O)[C@H]3C)c2nn1. The Kier molecular flexibility index (Phi) is 3.98. The molecule has 2 N–H and O–H groups in total. The lowest BCUT2D eigenvalue weighted by Crippen LogP contribution is -2.50. The molecule has 8 heteroatoms. The molecule has 0 bridgehead atoms. The second kappa shape index (κ2) is 5.94. The Hall–Kier alpha value is -2.61. The number of hydrogen-bond acceptors (Lipinski definition) is 4. The molecule has 2 heterocycles. The van der Waals surface area contributed by atoms with Crippen LogP contribution >= 0.6 is 0 Å². The maximum Gasteiger partial charge on any atom is 0.416 e. The van der Waals surface area contributed by atoms with Gasteiger partial charge in [0, 0.05) is 29.1 Å². The summed E-state index contributed by atoms with van der Waals surface area (Å²) in [6.07, 6.45) is -2.05. The summed E-state index contributed by atoms with van der Waals surface area (Å²) in [6.45, 7) is 5.28. The fourth-order valence-electron chi connectivity index (χ4n) is 3.99. The minimum atomic E-state index is -4.53. The van der Waals surface area contributed by atoms with Gasteiger partial charge >= 0.3 is 6.18 Å². The van der Waals surface area contributed by atoms with Crippen molar-refractivity contribution in [3.63, 3.8) is 0 Å². The zero-order valence-electron chi connectivity index (χ0n) is 15.6. The molecule has 4 rings (SSSR count). The number of hydrogen-bond donors (Lipinski definition) is 2. The molecule has 5 nitrogen and oxygen atoms in total. The second-order valence-electron chi connectivity index (χ2n) is 7.83. The molecular formula is C20H20F3N3O2. The van der Waals surface area contributed by atoms with Gasteiger partial charge in [-0.2, -0.15) is 13.2 Å². The van der Waals surface area contributed by atoms with Crippen LogP contribution in [0.4, 0.5) is 13.2 Å². The summed E-state index contributed by atoms with van der Waals surface area (Å²) < 4.78 is 40.8. The van der Waals surface area contributed by atoms with Gasteiger partial charge in [0.2, 0.25) is 0 Å². The van der Waals surface area contributed by atoms with Crippen molar-refractivity contribution in [3.05, 3.63) is 41.6 Å². The molecule has 3 aromatic rings. The molecule has 1 aromatic carbocycles. The van der Waals surface area contributed by atoms with Crippen molar-refractivity contribution in [3.8, 4) is 17.0 Å². The average molecular weight is 391 g/mol. The van der Waals surface area contributed by atoms with Crippen LogP contribution in [0.1, 0.15) is 37.4 Å². The highest BCUT2D eigenvalue weighted by molar-refractivity contribution is 5.82. The van der Waals surface area contributed by atoms with E-state index in [0.29, 0.717) is 23.8 Å². The predicted molar refractivity (Wildman–Crippen MR) is 97.8 cm³/mol. The van der Waals surface area contributed by atoms with E-state index in [1.807, 2.05) is 23.8 Å². The number of halogens is 3. The molecular weight excluding hydrogens is 371 g/mol. The van der Waals surface area contributed by atoms with Gasteiger partial charge in [-0.1, -0.05) is 6.92 Å². The fraction of sp³-hybridized carbons (Fsp3) is 0.400. The molecule has 1 saturated carbocycles. The van der Waals surface area contributed by atoms with Gasteiger partial charge in [-0.15, -0.1) is 10.2 Å². The first kappa shape index (κ1) is 18.7. The van der Waals surface area contributed by atoms with Gasteiger partial charge in [0.1, 0.15) is 5.75 Å². The number of rotatable bonds is 2. The van der Waals surface area contributed by atoms with Crippen LogP contribution in [-0.2, 0) is 6.18 Å². The second-order valence-corrected chi connectivity index (χ2v) is 7.83. The number of aliphatic hydroxyl groups is 1. The van der Waals surface area contributed by atoms with Crippen LogP contribution in [0.3, 0.4) is 0 Å². The first-order chi connectivity index (χ1) is 13.0. The monoisotopic (exact) mass is 391 g/mol. The van der Waals surface area contributed by atoms with E-state index >= 15 is 0 Å². The molecule has 28 heavy (non-hydrogen) atoms. The number of nitrogens with zero attached hydrogens (tertiary/aromatic N) is 3. The number of phenols is 1. The first-order valence-corrected chi connectivity index (χ1v) is 8.97. The van der Waals surface area contributed by atoms with Crippen molar-refractivity contribution >= 4 is 11.0 Å². The van der Waals surface area contributed by atoms with E-state index in [1.54, 1.807) is 13.0 Å². The largest absolute Gasteiger partial charge is 0.507 e. The average Bonchev–Trinajstić information content (AvgIpc) is 3.01. The molecule has 0 spiro atoms. The van der Waals surface area contributed by atoms with Gasteiger partial charge in [0.25, 0.3) is 0 Å². The fourth-order valence-corrected chi connectivity index (χ4v) is 3.99. The quantitative estimate of drug-likeness (QED) is 0.677. The van der Waals surface area contributed by atoms with Gasteiger partial charge in [-0.25, -0.2) is 0 Å². The number of benzene rings is 1. The lowest BCUT2D eigenvalue weighted by molar-refractivity contribution is -0.137. The zero-order valence-corrected chi connectivity index (χ0v) is 15.6. The molecule has 3 atom stereocenters. The Balaban J connectivity index is 1.74. The Labute approximate surface area is 159 Å². The Bertz CT molecular complexity index is 1050. The third-order valence-corrected chi connectivity index (χ3v) is 5.90. The number of fused-ring (bicyclic) bond motifs is 1. The van der Waals surface area contributed by atoms with E-state index in [4.69, 9.17) is 0 Å². The summed E-state index contributed by atoms with van der Waals surface area (Å²) in [5.41, 5.74) is -0.169. The minimum absolute atomic E-state index is 0.0609. The molecule has 1 aliphatic rings. The van der Waals surface area contributed by atoms with Crippen LogP contribution in [0.25, 0.3) is 22.3 Å². The number of alkyl halides is 3. The van der Waals surface area contributed by atoms with Crippen LogP contribution in [-0.4, -0.2) is 30.6 Å². The standard InChI is InChI=1S/C20H20F3N3O2/c1-10-6-13(20(21,22)23)8-16(27)17(10)14-7-12-4-5-26(18(12)25-24-14)15-9-19(3,28)11(15)2/h4-8,11,15,27-28H,9H2,1-3H3/t11-,15-,19+/m0/s1. The summed E-state index contributed by atoms with van der Waals surface area (Å²) in [6, 6.07) is 5.36. The summed E-state index contributed by atoms with van der Waals surface area (Å²) in [7, 11) is 0. The number of aromatic nitrogens is 3. The normalized spacial score (nSPS) is 25.1. The smallest absolute Gasteiger partial charge is 0.416 e. The summed E-state index contributed by atoms with van der Waals surface area (Å²) in [5, 5.41) is 29.6. The van der Waals surface area contributed by atoms with Crippen molar-refractivity contribution < 1.29 is 23.4 Å². The van der Waals surface area contributed by atoms with E-state index in [-0.39, 0.29) is 23.1 Å². The topological polar surface area (TPSA) is 71.2 Å². The Morgan fingerprint density at radius 3 is 2.50 bits per heavy atom. The first-order valence-electron chi connectivity index (χ1n) is 8.97. The highest BCUT2D eigenvalue weighted by atomic mass is 19.4. The van der Waals surface area contributed by atoms with Gasteiger partial charge in [-0.05, 0) is 50.1 Å². The summed E-state index contributed by atoms with van der Waals surface area (Å²) in [5.74, 6) is -0.421. The van der Waals surface area contributed by atoms with Crippen molar-refractivity contribution in [2.24, 2.45) is 5.92 Å². The zero-order chi connectivity index (χ0) is 20.4. The number of aryl methyl sites for hydroxylation is 1.